The Morgan fingerprint density at radius 1 is 1.33 bits per heavy atom. The third-order valence-electron chi connectivity index (χ3n) is 2.40. The maximum atomic E-state index is 10.0. The molecule has 1 aromatic rings. The second-order valence-corrected chi connectivity index (χ2v) is 5.12. The van der Waals surface area contributed by atoms with Gasteiger partial charge in [-0.2, -0.15) is 0 Å². The maximum absolute atomic E-state index is 10.0. The maximum Gasteiger partial charge on any atom is 0.161 e. The Kier molecular flexibility index (Phi) is 5.91. The summed E-state index contributed by atoms with van der Waals surface area (Å²) in [5.74, 6) is 1.29. The number of aliphatic hydroxyl groups excluding tert-OH is 1. The summed E-state index contributed by atoms with van der Waals surface area (Å²) in [6, 6.07) is 3.62. The molecule has 0 aliphatic carbocycles. The normalized spacial score (nSPS) is 12.6. The van der Waals surface area contributed by atoms with Gasteiger partial charge in [0.25, 0.3) is 0 Å². The molecule has 1 atom stereocenters. The zero-order chi connectivity index (χ0) is 13.7. The highest BCUT2D eigenvalue weighted by Gasteiger charge is 2.16. The fraction of sp³-hybridized carbons (Fsp3) is 0.538. The van der Waals surface area contributed by atoms with E-state index in [0.29, 0.717) is 18.0 Å². The van der Waals surface area contributed by atoms with Gasteiger partial charge < -0.3 is 19.9 Å². The lowest BCUT2D eigenvalue weighted by molar-refractivity contribution is 0.175. The second-order valence-electron chi connectivity index (χ2n) is 4.26. The van der Waals surface area contributed by atoms with Gasteiger partial charge in [-0.15, -0.1) is 0 Å². The van der Waals surface area contributed by atoms with E-state index in [4.69, 9.17) is 9.47 Å². The molecule has 5 heteroatoms. The van der Waals surface area contributed by atoms with Gasteiger partial charge in [0.1, 0.15) is 0 Å². The molecule has 0 bridgehead atoms. The number of rotatable bonds is 6. The van der Waals surface area contributed by atoms with E-state index in [0.717, 1.165) is 10.0 Å². The van der Waals surface area contributed by atoms with Gasteiger partial charge in [0.05, 0.1) is 19.3 Å². The molecule has 0 spiro atoms. The van der Waals surface area contributed by atoms with Crippen molar-refractivity contribution in [3.05, 3.63) is 22.2 Å². The average Bonchev–Trinajstić information content (AvgIpc) is 2.30. The van der Waals surface area contributed by atoms with Crippen LogP contribution < -0.4 is 14.8 Å². The molecule has 1 aromatic carbocycles. The van der Waals surface area contributed by atoms with E-state index in [1.807, 2.05) is 26.0 Å². The minimum Gasteiger partial charge on any atom is -0.493 e. The van der Waals surface area contributed by atoms with Crippen molar-refractivity contribution < 1.29 is 14.6 Å². The van der Waals surface area contributed by atoms with Gasteiger partial charge in [0.15, 0.2) is 11.5 Å². The quantitative estimate of drug-likeness (QED) is 0.846. The lowest BCUT2D eigenvalue weighted by Crippen LogP contribution is -2.17. The monoisotopic (exact) mass is 317 g/mol. The summed E-state index contributed by atoms with van der Waals surface area (Å²) in [7, 11) is 3.39. The predicted octanol–water partition coefficient (Wildman–Crippen LogP) is 2.50. The minimum absolute atomic E-state index is 0.0503. The van der Waals surface area contributed by atoms with E-state index in [1.54, 1.807) is 14.2 Å². The summed E-state index contributed by atoms with van der Waals surface area (Å²) in [5, 5.41) is 13.0. The van der Waals surface area contributed by atoms with Crippen LogP contribution in [0.1, 0.15) is 25.5 Å². The van der Waals surface area contributed by atoms with Crippen LogP contribution in [-0.2, 0) is 0 Å². The van der Waals surface area contributed by atoms with E-state index in [-0.39, 0.29) is 6.10 Å². The van der Waals surface area contributed by atoms with Crippen molar-refractivity contribution in [3.63, 3.8) is 0 Å². The van der Waals surface area contributed by atoms with E-state index < -0.39 is 6.10 Å². The summed E-state index contributed by atoms with van der Waals surface area (Å²) in [6.07, 6.45) is -0.542. The molecule has 0 radical (unpaired) electrons. The van der Waals surface area contributed by atoms with Gasteiger partial charge in [-0.05, 0) is 38.6 Å². The first-order valence-electron chi connectivity index (χ1n) is 5.86. The predicted molar refractivity (Wildman–Crippen MR) is 75.3 cm³/mol. The Labute approximate surface area is 116 Å². The van der Waals surface area contributed by atoms with Gasteiger partial charge in [-0.1, -0.05) is 15.9 Å². The highest BCUT2D eigenvalue weighted by molar-refractivity contribution is 9.10. The first-order chi connectivity index (χ1) is 8.49. The molecule has 4 nitrogen and oxygen atoms in total. The van der Waals surface area contributed by atoms with Crippen molar-refractivity contribution in [2.75, 3.05) is 20.7 Å². The first-order valence-corrected chi connectivity index (χ1v) is 6.65. The fourth-order valence-corrected chi connectivity index (χ4v) is 2.20. The fourth-order valence-electron chi connectivity index (χ4n) is 1.62. The van der Waals surface area contributed by atoms with E-state index in [2.05, 4.69) is 21.2 Å². The summed E-state index contributed by atoms with van der Waals surface area (Å²) < 4.78 is 11.8. The number of nitrogens with one attached hydrogen (secondary N) is 1. The molecule has 0 aliphatic heterocycles. The summed E-state index contributed by atoms with van der Waals surface area (Å²) in [4.78, 5) is 0. The standard InChI is InChI=1S/C13H20BrNO3/c1-8(2)18-13-5-9(11(16)7-15-3)10(14)6-12(13)17-4/h5-6,8,11,15-16H,7H2,1-4H3. The van der Waals surface area contributed by atoms with Gasteiger partial charge in [0, 0.05) is 11.0 Å². The number of halogens is 1. The van der Waals surface area contributed by atoms with Crippen LogP contribution in [0.25, 0.3) is 0 Å². The number of hydrogen-bond donors (Lipinski definition) is 2. The van der Waals surface area contributed by atoms with Gasteiger partial charge in [-0.3, -0.25) is 0 Å². The summed E-state index contributed by atoms with van der Waals surface area (Å²) in [5.41, 5.74) is 0.779. The van der Waals surface area contributed by atoms with Crippen molar-refractivity contribution in [3.8, 4) is 11.5 Å². The molecule has 18 heavy (non-hydrogen) atoms. The van der Waals surface area contributed by atoms with Gasteiger partial charge >= 0.3 is 0 Å². The largest absolute Gasteiger partial charge is 0.493 e. The van der Waals surface area contributed by atoms with Crippen molar-refractivity contribution in [2.45, 2.75) is 26.1 Å². The van der Waals surface area contributed by atoms with E-state index >= 15 is 0 Å². The Bertz CT molecular complexity index is 396. The van der Waals surface area contributed by atoms with Crippen LogP contribution in [0.5, 0.6) is 11.5 Å². The number of ether oxygens (including phenoxy) is 2. The first kappa shape index (κ1) is 15.3. The van der Waals surface area contributed by atoms with Gasteiger partial charge in [-0.25, -0.2) is 0 Å². The smallest absolute Gasteiger partial charge is 0.161 e. The second kappa shape index (κ2) is 6.97. The molecule has 102 valence electrons. The zero-order valence-corrected chi connectivity index (χ0v) is 12.7. The topological polar surface area (TPSA) is 50.7 Å². The number of benzene rings is 1. The van der Waals surface area contributed by atoms with E-state index in [1.165, 1.54) is 0 Å². The van der Waals surface area contributed by atoms with Crippen LogP contribution >= 0.6 is 15.9 Å². The molecule has 2 N–H and O–H groups in total. The minimum atomic E-state index is -0.593. The molecule has 0 fully saturated rings. The Morgan fingerprint density at radius 2 is 2.00 bits per heavy atom. The van der Waals surface area contributed by atoms with Crippen molar-refractivity contribution in [2.24, 2.45) is 0 Å². The number of likely N-dealkylation sites (N-methyl/N-ethyl adjacent to an activating group) is 1. The summed E-state index contributed by atoms with van der Waals surface area (Å²) >= 11 is 3.44. The van der Waals surface area contributed by atoms with Gasteiger partial charge in [0.2, 0.25) is 0 Å². The van der Waals surface area contributed by atoms with Crippen LogP contribution in [0.3, 0.4) is 0 Å². The van der Waals surface area contributed by atoms with Crippen LogP contribution in [0.4, 0.5) is 0 Å². The molecule has 0 amide bonds. The highest BCUT2D eigenvalue weighted by Crippen LogP contribution is 2.36. The van der Waals surface area contributed by atoms with E-state index in [9.17, 15) is 5.11 Å². The highest BCUT2D eigenvalue weighted by atomic mass is 79.9. The molecular formula is C13H20BrNO3. The average molecular weight is 318 g/mol. The summed E-state index contributed by atoms with van der Waals surface area (Å²) in [6.45, 7) is 4.38. The molecule has 0 heterocycles. The molecule has 1 rings (SSSR count). The zero-order valence-electron chi connectivity index (χ0n) is 11.2. The van der Waals surface area contributed by atoms with Crippen molar-refractivity contribution in [1.29, 1.82) is 0 Å². The molecule has 0 saturated heterocycles. The third-order valence-corrected chi connectivity index (χ3v) is 3.09. The Hall–Kier alpha value is -0.780. The SMILES string of the molecule is CNCC(O)c1cc(OC(C)C)c(OC)cc1Br. The number of hydrogen-bond acceptors (Lipinski definition) is 4. The van der Waals surface area contributed by atoms with Crippen LogP contribution in [0.2, 0.25) is 0 Å². The molecule has 0 saturated carbocycles. The third kappa shape index (κ3) is 3.86. The van der Waals surface area contributed by atoms with Crippen molar-refractivity contribution in [1.82, 2.24) is 5.32 Å². The lowest BCUT2D eigenvalue weighted by Gasteiger charge is -2.18. The van der Waals surface area contributed by atoms with Crippen LogP contribution in [-0.4, -0.2) is 31.9 Å². The number of methoxy groups -OCH3 is 1. The molecule has 1 unspecified atom stereocenters. The lowest BCUT2D eigenvalue weighted by atomic mass is 10.1. The Balaban J connectivity index is 3.12. The Morgan fingerprint density at radius 3 is 2.50 bits per heavy atom. The van der Waals surface area contributed by atoms with Crippen LogP contribution in [0, 0.1) is 0 Å². The molecule has 0 aromatic heterocycles. The molecule has 0 aliphatic rings. The number of aliphatic hydroxyl groups is 1. The van der Waals surface area contributed by atoms with Crippen molar-refractivity contribution >= 4 is 15.9 Å². The molecular weight excluding hydrogens is 298 g/mol. The van der Waals surface area contributed by atoms with Crippen LogP contribution in [0.15, 0.2) is 16.6 Å².